The predicted molar refractivity (Wildman–Crippen MR) is 79.2 cm³/mol. The predicted octanol–water partition coefficient (Wildman–Crippen LogP) is 4.19. The van der Waals surface area contributed by atoms with Crippen LogP contribution in [0.3, 0.4) is 0 Å². The summed E-state index contributed by atoms with van der Waals surface area (Å²) < 4.78 is 29.0. The highest BCUT2D eigenvalue weighted by Gasteiger charge is 2.17. The average Bonchev–Trinajstić information content (AvgIpc) is 2.75. The first-order chi connectivity index (χ1) is 10.0. The number of hydrogen-bond donors (Lipinski definition) is 1. The first kappa shape index (κ1) is 14.4. The third-order valence-corrected chi connectivity index (χ3v) is 4.10. The third-order valence-electron chi connectivity index (χ3n) is 3.09. The summed E-state index contributed by atoms with van der Waals surface area (Å²) in [6.07, 6.45) is 1.66. The van der Waals surface area contributed by atoms with Gasteiger partial charge in [0.2, 0.25) is 0 Å². The van der Waals surface area contributed by atoms with Crippen LogP contribution in [0.4, 0.5) is 8.78 Å². The summed E-state index contributed by atoms with van der Waals surface area (Å²) in [5, 5.41) is 9.61. The maximum Gasteiger partial charge on any atom is 0.155 e. The molecule has 0 saturated heterocycles. The molecule has 108 valence electrons. The number of rotatable bonds is 2. The van der Waals surface area contributed by atoms with Crippen LogP contribution in [-0.4, -0.2) is 14.5 Å². The van der Waals surface area contributed by atoms with Crippen molar-refractivity contribution in [3.63, 3.8) is 0 Å². The van der Waals surface area contributed by atoms with E-state index in [-0.39, 0.29) is 17.3 Å². The Morgan fingerprint density at radius 1 is 1.24 bits per heavy atom. The van der Waals surface area contributed by atoms with Gasteiger partial charge >= 0.3 is 0 Å². The van der Waals surface area contributed by atoms with Crippen molar-refractivity contribution in [2.75, 3.05) is 0 Å². The molecular weight excluding hydrogens is 366 g/mol. The van der Waals surface area contributed by atoms with Gasteiger partial charge in [0.1, 0.15) is 17.5 Å². The molecule has 0 unspecified atom stereocenters. The van der Waals surface area contributed by atoms with Gasteiger partial charge in [0.25, 0.3) is 0 Å². The lowest BCUT2D eigenvalue weighted by molar-refractivity contribution is 0.282. The topological polar surface area (TPSA) is 37.5 Å². The van der Waals surface area contributed by atoms with Gasteiger partial charge in [-0.1, -0.05) is 27.5 Å². The van der Waals surface area contributed by atoms with Crippen LogP contribution in [0, 0.1) is 11.6 Å². The minimum Gasteiger partial charge on any atom is -0.392 e. The lowest BCUT2D eigenvalue weighted by Gasteiger charge is -2.06. The molecule has 0 spiro atoms. The van der Waals surface area contributed by atoms with Gasteiger partial charge in [0.05, 0.1) is 12.1 Å². The smallest absolute Gasteiger partial charge is 0.155 e. The van der Waals surface area contributed by atoms with Crippen molar-refractivity contribution in [3.05, 3.63) is 57.3 Å². The maximum atomic E-state index is 13.4. The summed E-state index contributed by atoms with van der Waals surface area (Å²) in [6.45, 7) is -0.243. The minimum atomic E-state index is -0.697. The van der Waals surface area contributed by atoms with E-state index in [1.165, 1.54) is 12.1 Å². The molecule has 0 amide bonds. The molecule has 0 aliphatic heterocycles. The highest BCUT2D eigenvalue weighted by molar-refractivity contribution is 9.10. The van der Waals surface area contributed by atoms with Crippen LogP contribution in [-0.2, 0) is 6.61 Å². The van der Waals surface area contributed by atoms with Crippen molar-refractivity contribution in [3.8, 4) is 11.4 Å². The van der Waals surface area contributed by atoms with Crippen molar-refractivity contribution in [2.45, 2.75) is 6.61 Å². The molecule has 0 radical (unpaired) electrons. The van der Waals surface area contributed by atoms with E-state index in [0.29, 0.717) is 21.4 Å². The Labute approximate surface area is 131 Å². The first-order valence-corrected chi connectivity index (χ1v) is 7.10. The van der Waals surface area contributed by atoms with Gasteiger partial charge in [-0.25, -0.2) is 13.8 Å². The van der Waals surface area contributed by atoms with E-state index in [1.807, 2.05) is 0 Å². The van der Waals surface area contributed by atoms with Crippen molar-refractivity contribution in [2.24, 2.45) is 0 Å². The molecule has 7 heteroatoms. The molecule has 0 atom stereocenters. The molecule has 1 aromatic carbocycles. The van der Waals surface area contributed by atoms with Crippen LogP contribution < -0.4 is 0 Å². The number of aromatic nitrogens is 2. The van der Waals surface area contributed by atoms with Gasteiger partial charge in [-0.2, -0.15) is 0 Å². The highest BCUT2D eigenvalue weighted by atomic mass is 79.9. The Bertz CT molecular complexity index is 830. The number of pyridine rings is 1. The van der Waals surface area contributed by atoms with Gasteiger partial charge in [-0.05, 0) is 18.2 Å². The lowest BCUT2D eigenvalue weighted by atomic mass is 10.2. The Morgan fingerprint density at radius 2 is 1.90 bits per heavy atom. The van der Waals surface area contributed by atoms with E-state index < -0.39 is 11.6 Å². The molecule has 0 bridgehead atoms. The second-order valence-corrected chi connectivity index (χ2v) is 5.62. The largest absolute Gasteiger partial charge is 0.392 e. The van der Waals surface area contributed by atoms with E-state index in [1.54, 1.807) is 16.7 Å². The van der Waals surface area contributed by atoms with E-state index in [9.17, 15) is 13.9 Å². The summed E-state index contributed by atoms with van der Waals surface area (Å²) in [7, 11) is 0. The van der Waals surface area contributed by atoms with Crippen LogP contribution in [0.1, 0.15) is 5.56 Å². The number of benzene rings is 1. The monoisotopic (exact) mass is 372 g/mol. The van der Waals surface area contributed by atoms with Crippen LogP contribution >= 0.6 is 27.5 Å². The number of imidazole rings is 1. The van der Waals surface area contributed by atoms with Gasteiger partial charge in [0.15, 0.2) is 5.15 Å². The number of aliphatic hydroxyl groups excluding tert-OH is 1. The molecule has 2 aromatic heterocycles. The van der Waals surface area contributed by atoms with Crippen molar-refractivity contribution in [1.29, 1.82) is 0 Å². The zero-order valence-electron chi connectivity index (χ0n) is 10.4. The Morgan fingerprint density at radius 3 is 2.52 bits per heavy atom. The summed E-state index contributed by atoms with van der Waals surface area (Å²) in [5.41, 5.74) is 1.31. The third kappa shape index (κ3) is 2.43. The summed E-state index contributed by atoms with van der Waals surface area (Å²) in [5.74, 6) is -1.09. The molecule has 0 aliphatic rings. The van der Waals surface area contributed by atoms with Crippen LogP contribution in [0.5, 0.6) is 0 Å². The van der Waals surface area contributed by atoms with Gasteiger partial charge in [0, 0.05) is 27.9 Å². The van der Waals surface area contributed by atoms with Gasteiger partial charge in [-0.3, -0.25) is 4.40 Å². The first-order valence-electron chi connectivity index (χ1n) is 5.93. The van der Waals surface area contributed by atoms with E-state index in [4.69, 9.17) is 11.6 Å². The van der Waals surface area contributed by atoms with Crippen LogP contribution in [0.25, 0.3) is 16.9 Å². The number of hydrogen-bond acceptors (Lipinski definition) is 2. The fourth-order valence-electron chi connectivity index (χ4n) is 2.21. The molecule has 2 heterocycles. The second kappa shape index (κ2) is 5.36. The summed E-state index contributed by atoms with van der Waals surface area (Å²) >= 11 is 9.43. The van der Waals surface area contributed by atoms with E-state index in [2.05, 4.69) is 20.9 Å². The zero-order chi connectivity index (χ0) is 15.1. The summed E-state index contributed by atoms with van der Waals surface area (Å²) in [6, 6.07) is 4.84. The van der Waals surface area contributed by atoms with Crippen LogP contribution in [0.2, 0.25) is 5.15 Å². The van der Waals surface area contributed by atoms with Gasteiger partial charge < -0.3 is 5.11 Å². The standard InChI is InChI=1S/C14H8BrClF2N2O/c15-11-1-2-20-12(10(11)6-21)13(16)19-14(20)7-3-8(17)5-9(18)4-7/h1-5,21H,6H2. The van der Waals surface area contributed by atoms with Gasteiger partial charge in [-0.15, -0.1) is 0 Å². The molecule has 3 rings (SSSR count). The van der Waals surface area contributed by atoms with Crippen molar-refractivity contribution in [1.82, 2.24) is 9.38 Å². The Balaban J connectivity index is 2.34. The minimum absolute atomic E-state index is 0.153. The molecule has 3 aromatic rings. The van der Waals surface area contributed by atoms with E-state index >= 15 is 0 Å². The number of halogens is 4. The zero-order valence-corrected chi connectivity index (χ0v) is 12.8. The molecule has 0 aliphatic carbocycles. The quantitative estimate of drug-likeness (QED) is 0.731. The SMILES string of the molecule is OCc1c(Br)ccn2c(-c3cc(F)cc(F)c3)nc(Cl)c12. The lowest BCUT2D eigenvalue weighted by Crippen LogP contribution is -1.95. The molecule has 0 fully saturated rings. The Hall–Kier alpha value is -1.50. The molecule has 1 N–H and O–H groups in total. The maximum absolute atomic E-state index is 13.4. The number of fused-ring (bicyclic) bond motifs is 1. The number of nitrogens with zero attached hydrogens (tertiary/aromatic N) is 2. The summed E-state index contributed by atoms with van der Waals surface area (Å²) in [4.78, 5) is 4.16. The van der Waals surface area contributed by atoms with Crippen molar-refractivity contribution < 1.29 is 13.9 Å². The second-order valence-electron chi connectivity index (χ2n) is 4.40. The molecular formula is C14H8BrClF2N2O. The highest BCUT2D eigenvalue weighted by Crippen LogP contribution is 2.32. The fraction of sp³-hybridized carbons (Fsp3) is 0.0714. The molecule has 21 heavy (non-hydrogen) atoms. The van der Waals surface area contributed by atoms with Crippen LogP contribution in [0.15, 0.2) is 34.9 Å². The fourth-order valence-corrected chi connectivity index (χ4v) is 2.93. The van der Waals surface area contributed by atoms with E-state index in [0.717, 1.165) is 6.07 Å². The number of aliphatic hydroxyl groups is 1. The molecule has 3 nitrogen and oxygen atoms in total. The van der Waals surface area contributed by atoms with Crippen molar-refractivity contribution >= 4 is 33.0 Å². The molecule has 0 saturated carbocycles. The normalized spacial score (nSPS) is 11.3. The Kier molecular flexibility index (Phi) is 3.69. The average molecular weight is 374 g/mol.